The maximum atomic E-state index is 4.91. The van der Waals surface area contributed by atoms with E-state index in [9.17, 15) is 0 Å². The van der Waals surface area contributed by atoms with Crippen molar-refractivity contribution in [2.45, 2.75) is 0 Å². The van der Waals surface area contributed by atoms with Crippen molar-refractivity contribution in [2.24, 2.45) is 0 Å². The zero-order valence-corrected chi connectivity index (χ0v) is 17.8. The first kappa shape index (κ1) is 17.2. The Labute approximate surface area is 189 Å². The van der Waals surface area contributed by atoms with Gasteiger partial charge in [-0.3, -0.25) is 4.98 Å². The lowest BCUT2D eigenvalue weighted by Crippen LogP contribution is -1.94. The lowest BCUT2D eigenvalue weighted by molar-refractivity contribution is 1.34. The van der Waals surface area contributed by atoms with Gasteiger partial charge in [-0.2, -0.15) is 0 Å². The monoisotopic (exact) mass is 418 g/mol. The van der Waals surface area contributed by atoms with E-state index in [0.29, 0.717) is 0 Å². The summed E-state index contributed by atoms with van der Waals surface area (Å²) in [4.78, 5) is 4.91. The van der Waals surface area contributed by atoms with E-state index < -0.39 is 0 Å². The highest BCUT2D eigenvalue weighted by Gasteiger charge is 2.20. The number of fused-ring (bicyclic) bond motifs is 7. The highest BCUT2D eigenvalue weighted by molar-refractivity contribution is 6.30. The Hall–Kier alpha value is -4.43. The van der Waals surface area contributed by atoms with Crippen molar-refractivity contribution in [3.05, 3.63) is 109 Å². The molecule has 0 saturated carbocycles. The molecule has 0 aliphatic carbocycles. The summed E-state index contributed by atoms with van der Waals surface area (Å²) in [6, 6.07) is 37.3. The van der Waals surface area contributed by atoms with Crippen molar-refractivity contribution < 1.29 is 0 Å². The molecule has 5 aromatic carbocycles. The fourth-order valence-electron chi connectivity index (χ4n) is 5.73. The standard InChI is InChI=1S/C31H18N2/c1-2-7-19(8-3-1)23-11-6-12-26-29(23)24-14-13-20-15-16-32-30-25-17-21-9-4-5-10-22(21)18-27(25)33(26)31(24)28(20)30/h1-18H. The molecule has 8 aromatic rings. The van der Waals surface area contributed by atoms with Gasteiger partial charge in [0, 0.05) is 27.7 Å². The van der Waals surface area contributed by atoms with Crippen molar-refractivity contribution in [3.63, 3.8) is 0 Å². The van der Waals surface area contributed by atoms with Crippen molar-refractivity contribution in [1.29, 1.82) is 0 Å². The van der Waals surface area contributed by atoms with Crippen LogP contribution in [0.25, 0.3) is 70.9 Å². The summed E-state index contributed by atoms with van der Waals surface area (Å²) < 4.78 is 2.47. The van der Waals surface area contributed by atoms with Crippen LogP contribution in [0.1, 0.15) is 0 Å². The van der Waals surface area contributed by atoms with Crippen LogP contribution in [0.3, 0.4) is 0 Å². The summed E-state index contributed by atoms with van der Waals surface area (Å²) in [6.45, 7) is 0. The molecule has 3 aromatic heterocycles. The van der Waals surface area contributed by atoms with Gasteiger partial charge in [-0.15, -0.1) is 0 Å². The number of hydrogen-bond acceptors (Lipinski definition) is 1. The maximum absolute atomic E-state index is 4.91. The first-order chi connectivity index (χ1) is 16.4. The third-order valence-corrected chi connectivity index (χ3v) is 7.13. The SMILES string of the molecule is c1ccc(-c2cccc3c2c2ccc4ccnc5c6cc7ccccc7cc6n3c2c45)cc1. The molecule has 0 radical (unpaired) electrons. The number of hydrogen-bond donors (Lipinski definition) is 0. The van der Waals surface area contributed by atoms with Crippen molar-refractivity contribution in [3.8, 4) is 11.1 Å². The first-order valence-electron chi connectivity index (χ1n) is 11.3. The van der Waals surface area contributed by atoms with Gasteiger partial charge < -0.3 is 4.40 Å². The van der Waals surface area contributed by atoms with Gasteiger partial charge in [0.2, 0.25) is 0 Å². The molecule has 152 valence electrons. The first-order valence-corrected chi connectivity index (χ1v) is 11.3. The second-order valence-electron chi connectivity index (χ2n) is 8.84. The molecule has 0 fully saturated rings. The third kappa shape index (κ3) is 2.15. The number of nitrogens with zero attached hydrogens (tertiary/aromatic N) is 2. The van der Waals surface area contributed by atoms with Gasteiger partial charge >= 0.3 is 0 Å². The average molecular weight is 418 g/mol. The number of aromatic nitrogens is 2. The van der Waals surface area contributed by atoms with Gasteiger partial charge in [-0.05, 0) is 51.6 Å². The van der Waals surface area contributed by atoms with Gasteiger partial charge in [0.15, 0.2) is 0 Å². The quantitative estimate of drug-likeness (QED) is 0.194. The van der Waals surface area contributed by atoms with Crippen molar-refractivity contribution >= 4 is 59.8 Å². The predicted molar refractivity (Wildman–Crippen MR) is 139 cm³/mol. The van der Waals surface area contributed by atoms with Gasteiger partial charge in [0.25, 0.3) is 0 Å². The van der Waals surface area contributed by atoms with E-state index in [2.05, 4.69) is 108 Å². The molecule has 0 atom stereocenters. The summed E-state index contributed by atoms with van der Waals surface area (Å²) in [5.74, 6) is 0. The minimum Gasteiger partial charge on any atom is -0.308 e. The van der Waals surface area contributed by atoms with E-state index >= 15 is 0 Å². The lowest BCUT2D eigenvalue weighted by Gasteiger charge is -2.13. The smallest absolute Gasteiger partial charge is 0.0822 e. The lowest BCUT2D eigenvalue weighted by atomic mass is 9.97. The highest BCUT2D eigenvalue weighted by Crippen LogP contribution is 2.43. The van der Waals surface area contributed by atoms with E-state index in [4.69, 9.17) is 4.98 Å². The molecule has 0 bridgehead atoms. The molecule has 33 heavy (non-hydrogen) atoms. The fourth-order valence-corrected chi connectivity index (χ4v) is 5.73. The fraction of sp³-hybridized carbons (Fsp3) is 0. The van der Waals surface area contributed by atoms with Gasteiger partial charge in [-0.25, -0.2) is 0 Å². The van der Waals surface area contributed by atoms with Crippen LogP contribution in [0.4, 0.5) is 0 Å². The van der Waals surface area contributed by atoms with E-state index in [1.807, 2.05) is 6.20 Å². The molecule has 0 amide bonds. The van der Waals surface area contributed by atoms with Gasteiger partial charge in [-0.1, -0.05) is 78.9 Å². The average Bonchev–Trinajstić information content (AvgIpc) is 3.23. The van der Waals surface area contributed by atoms with E-state index in [-0.39, 0.29) is 0 Å². The second-order valence-corrected chi connectivity index (χ2v) is 8.84. The summed E-state index contributed by atoms with van der Waals surface area (Å²) >= 11 is 0. The van der Waals surface area contributed by atoms with Crippen LogP contribution >= 0.6 is 0 Å². The molecule has 3 heterocycles. The molecule has 0 saturated heterocycles. The van der Waals surface area contributed by atoms with E-state index in [0.717, 1.165) is 5.52 Å². The zero-order valence-electron chi connectivity index (χ0n) is 17.8. The molecule has 2 heteroatoms. The second kappa shape index (κ2) is 6.08. The van der Waals surface area contributed by atoms with Crippen LogP contribution in [-0.2, 0) is 0 Å². The molecular formula is C31H18N2. The molecule has 0 unspecified atom stereocenters. The highest BCUT2D eigenvalue weighted by atomic mass is 14.9. The zero-order chi connectivity index (χ0) is 21.5. The largest absolute Gasteiger partial charge is 0.308 e. The summed E-state index contributed by atoms with van der Waals surface area (Å²) in [7, 11) is 0. The third-order valence-electron chi connectivity index (χ3n) is 7.13. The van der Waals surface area contributed by atoms with Crippen LogP contribution in [0.15, 0.2) is 109 Å². The van der Waals surface area contributed by atoms with Crippen molar-refractivity contribution in [1.82, 2.24) is 9.38 Å². The molecule has 8 rings (SSSR count). The molecule has 0 spiro atoms. The summed E-state index contributed by atoms with van der Waals surface area (Å²) in [6.07, 6.45) is 1.94. The number of benzene rings is 5. The van der Waals surface area contributed by atoms with Crippen LogP contribution in [0.2, 0.25) is 0 Å². The van der Waals surface area contributed by atoms with Crippen LogP contribution in [0, 0.1) is 0 Å². The molecule has 0 aliphatic heterocycles. The number of rotatable bonds is 1. The Bertz CT molecular complexity index is 2010. The Morgan fingerprint density at radius 2 is 1.36 bits per heavy atom. The Morgan fingerprint density at radius 1 is 0.545 bits per heavy atom. The van der Waals surface area contributed by atoms with E-state index in [1.54, 1.807) is 0 Å². The summed E-state index contributed by atoms with van der Waals surface area (Å²) in [5, 5.41) is 8.75. The van der Waals surface area contributed by atoms with Crippen molar-refractivity contribution in [2.75, 3.05) is 0 Å². The normalized spacial score (nSPS) is 12.2. The topological polar surface area (TPSA) is 17.3 Å². The molecular weight excluding hydrogens is 400 g/mol. The summed E-state index contributed by atoms with van der Waals surface area (Å²) in [5.41, 5.74) is 7.30. The Kier molecular flexibility index (Phi) is 3.16. The molecule has 0 aliphatic rings. The number of pyridine rings is 2. The minimum atomic E-state index is 1.08. The van der Waals surface area contributed by atoms with Gasteiger partial charge in [0.05, 0.1) is 22.1 Å². The van der Waals surface area contributed by atoms with Gasteiger partial charge in [0.1, 0.15) is 0 Å². The maximum Gasteiger partial charge on any atom is 0.0822 e. The molecule has 0 N–H and O–H groups in total. The Morgan fingerprint density at radius 3 is 2.24 bits per heavy atom. The van der Waals surface area contributed by atoms with Crippen LogP contribution < -0.4 is 0 Å². The Balaban J connectivity index is 1.72. The minimum absolute atomic E-state index is 1.08. The van der Waals surface area contributed by atoms with Crippen LogP contribution in [-0.4, -0.2) is 9.38 Å². The van der Waals surface area contributed by atoms with E-state index in [1.165, 1.54) is 65.4 Å². The van der Waals surface area contributed by atoms with Crippen LogP contribution in [0.5, 0.6) is 0 Å². The molecule has 2 nitrogen and oxygen atoms in total. The predicted octanol–water partition coefficient (Wildman–Crippen LogP) is 8.21.